The molecule has 2 aliphatic heterocycles. The molecule has 6 rings (SSSR count). The highest BCUT2D eigenvalue weighted by Crippen LogP contribution is 2.66. The third-order valence-electron chi connectivity index (χ3n) is 7.71. The molecule has 29 heavy (non-hydrogen) atoms. The van der Waals surface area contributed by atoms with Crippen molar-refractivity contribution in [3.8, 4) is 0 Å². The maximum absolute atomic E-state index is 12.4. The zero-order valence-corrected chi connectivity index (χ0v) is 17.3. The Morgan fingerprint density at radius 2 is 1.86 bits per heavy atom. The number of hydrogen-bond acceptors (Lipinski definition) is 8. The summed E-state index contributed by atoms with van der Waals surface area (Å²) in [5.41, 5.74) is -0.252. The molecular weight excluding hydrogens is 404 g/mol. The molecule has 0 aromatic carbocycles. The number of hydrogen-bond donors (Lipinski definition) is 1. The Morgan fingerprint density at radius 1 is 1.21 bits per heavy atom. The molecule has 4 atom stereocenters. The third kappa shape index (κ3) is 2.72. The first-order valence-electron chi connectivity index (χ1n) is 10.1. The summed E-state index contributed by atoms with van der Waals surface area (Å²) in [6.07, 6.45) is 3.24. The number of carbonyl (C=O) groups is 2. The van der Waals surface area contributed by atoms with Crippen LogP contribution in [-0.2, 0) is 38.7 Å². The zero-order chi connectivity index (χ0) is 20.8. The lowest BCUT2D eigenvalue weighted by Crippen LogP contribution is -2.63. The van der Waals surface area contributed by atoms with E-state index in [0.717, 1.165) is 46.0 Å². The summed E-state index contributed by atoms with van der Waals surface area (Å²) in [6, 6.07) is 0. The van der Waals surface area contributed by atoms with Crippen LogP contribution < -0.4 is 0 Å². The quantitative estimate of drug-likeness (QED) is 0.515. The maximum atomic E-state index is 12.4. The van der Waals surface area contributed by atoms with Crippen LogP contribution in [0.3, 0.4) is 0 Å². The van der Waals surface area contributed by atoms with Crippen molar-refractivity contribution in [1.29, 1.82) is 0 Å². The van der Waals surface area contributed by atoms with Crippen molar-refractivity contribution >= 4 is 22.1 Å². The van der Waals surface area contributed by atoms with Crippen molar-refractivity contribution in [2.75, 3.05) is 13.2 Å². The lowest BCUT2D eigenvalue weighted by Gasteiger charge is -2.62. The molecule has 4 saturated carbocycles. The molecule has 4 bridgehead atoms. The summed E-state index contributed by atoms with van der Waals surface area (Å²) in [4.78, 5) is 24.3. The normalized spacial score (nSPS) is 45.5. The predicted octanol–water partition coefficient (Wildman–Crippen LogP) is 1.06. The van der Waals surface area contributed by atoms with Gasteiger partial charge in [0.15, 0.2) is 16.6 Å². The van der Waals surface area contributed by atoms with Gasteiger partial charge < -0.3 is 18.9 Å². The second-order valence-electron chi connectivity index (χ2n) is 9.95. The number of rotatable bonds is 4. The lowest BCUT2D eigenvalue weighted by atomic mass is 9.47. The van der Waals surface area contributed by atoms with Gasteiger partial charge in [-0.3, -0.25) is 9.35 Å². The highest BCUT2D eigenvalue weighted by Gasteiger charge is 2.69. The van der Waals surface area contributed by atoms with E-state index in [-0.39, 0.29) is 42.5 Å². The van der Waals surface area contributed by atoms with Crippen LogP contribution in [-0.4, -0.2) is 60.9 Å². The zero-order valence-electron chi connectivity index (χ0n) is 16.5. The van der Waals surface area contributed by atoms with Crippen LogP contribution in [0.5, 0.6) is 0 Å². The first-order valence-corrected chi connectivity index (χ1v) is 11.6. The molecule has 2 saturated heterocycles. The minimum absolute atomic E-state index is 0.0976. The van der Waals surface area contributed by atoms with E-state index in [1.54, 1.807) is 0 Å². The van der Waals surface area contributed by atoms with Crippen molar-refractivity contribution in [3.63, 3.8) is 0 Å². The van der Waals surface area contributed by atoms with Gasteiger partial charge in [0.25, 0.3) is 10.1 Å². The molecule has 0 amide bonds. The van der Waals surface area contributed by atoms with Crippen LogP contribution >= 0.6 is 0 Å². The van der Waals surface area contributed by atoms with E-state index in [0.29, 0.717) is 5.92 Å². The SMILES string of the molecule is CC(C)(C(=O)OCC12CC3CC(C1)C1(OC4COC(=O)C4O1)C(C3)C2)S(=O)(=O)O. The van der Waals surface area contributed by atoms with Gasteiger partial charge >= 0.3 is 11.9 Å². The molecule has 1 N–H and O–H groups in total. The number of fused-ring (bicyclic) bond motifs is 1. The molecule has 0 aromatic rings. The Hall–Kier alpha value is -1.23. The van der Waals surface area contributed by atoms with Crippen LogP contribution in [0.25, 0.3) is 0 Å². The minimum atomic E-state index is -4.57. The van der Waals surface area contributed by atoms with E-state index < -0.39 is 32.7 Å². The van der Waals surface area contributed by atoms with Gasteiger partial charge in [-0.1, -0.05) is 0 Å². The molecule has 10 heteroatoms. The number of esters is 2. The van der Waals surface area contributed by atoms with Gasteiger partial charge in [0.2, 0.25) is 0 Å². The van der Waals surface area contributed by atoms with E-state index in [2.05, 4.69) is 0 Å². The number of carbonyl (C=O) groups excluding carboxylic acids is 2. The van der Waals surface area contributed by atoms with Crippen LogP contribution in [0.15, 0.2) is 0 Å². The Bertz CT molecular complexity index is 847. The van der Waals surface area contributed by atoms with Crippen molar-refractivity contribution in [1.82, 2.24) is 0 Å². The van der Waals surface area contributed by atoms with Crippen LogP contribution in [0.1, 0.15) is 46.0 Å². The van der Waals surface area contributed by atoms with Gasteiger partial charge in [-0.05, 0) is 51.9 Å². The van der Waals surface area contributed by atoms with E-state index >= 15 is 0 Å². The van der Waals surface area contributed by atoms with Gasteiger partial charge in [-0.2, -0.15) is 8.42 Å². The summed E-state index contributed by atoms with van der Waals surface area (Å²) < 4.78 is 53.3. The fraction of sp³-hybridized carbons (Fsp3) is 0.895. The van der Waals surface area contributed by atoms with E-state index in [1.165, 1.54) is 0 Å². The molecule has 0 radical (unpaired) electrons. The topological polar surface area (TPSA) is 125 Å². The fourth-order valence-corrected chi connectivity index (χ4v) is 6.59. The molecule has 0 aromatic heterocycles. The minimum Gasteiger partial charge on any atom is -0.464 e. The van der Waals surface area contributed by atoms with Gasteiger partial charge in [0.1, 0.15) is 12.7 Å². The van der Waals surface area contributed by atoms with Crippen LogP contribution in [0.4, 0.5) is 0 Å². The second kappa shape index (κ2) is 5.93. The lowest BCUT2D eigenvalue weighted by molar-refractivity contribution is -0.318. The molecule has 162 valence electrons. The number of cyclic esters (lactones) is 1. The standard InChI is InChI=1S/C19H26O9S/c1-17(2,29(22,23)24)16(21)26-9-18-5-10-3-11(6-18)19(12(4-10)7-18)27-13-8-25-15(20)14(13)28-19/h10-14H,3-9H2,1-2H3,(H,22,23,24). The monoisotopic (exact) mass is 430 g/mol. The van der Waals surface area contributed by atoms with Gasteiger partial charge in [0.05, 0.1) is 6.61 Å². The van der Waals surface area contributed by atoms with Crippen molar-refractivity contribution in [3.05, 3.63) is 0 Å². The first-order chi connectivity index (χ1) is 13.5. The van der Waals surface area contributed by atoms with Gasteiger partial charge in [0, 0.05) is 17.3 Å². The highest BCUT2D eigenvalue weighted by atomic mass is 32.2. The molecule has 2 heterocycles. The predicted molar refractivity (Wildman–Crippen MR) is 96.0 cm³/mol. The summed E-state index contributed by atoms with van der Waals surface area (Å²) >= 11 is 0. The largest absolute Gasteiger partial charge is 0.464 e. The smallest absolute Gasteiger partial charge is 0.338 e. The molecule has 6 aliphatic rings. The Balaban J connectivity index is 1.33. The molecule has 9 nitrogen and oxygen atoms in total. The van der Waals surface area contributed by atoms with E-state index in [9.17, 15) is 22.6 Å². The van der Waals surface area contributed by atoms with Crippen molar-refractivity contribution in [2.45, 2.75) is 68.7 Å². The molecule has 4 unspecified atom stereocenters. The number of ether oxygens (including phenoxy) is 4. The summed E-state index contributed by atoms with van der Waals surface area (Å²) in [7, 11) is -4.57. The second-order valence-corrected chi connectivity index (χ2v) is 11.9. The molecular formula is C19H26O9S. The fourth-order valence-electron chi connectivity index (χ4n) is 6.32. The van der Waals surface area contributed by atoms with Gasteiger partial charge in [-0.25, -0.2) is 4.79 Å². The highest BCUT2D eigenvalue weighted by molar-refractivity contribution is 7.88. The average molecular weight is 430 g/mol. The summed E-state index contributed by atoms with van der Waals surface area (Å²) in [5.74, 6) is -1.42. The molecule has 4 aliphatic carbocycles. The van der Waals surface area contributed by atoms with Crippen molar-refractivity contribution in [2.24, 2.45) is 23.2 Å². The van der Waals surface area contributed by atoms with Gasteiger partial charge in [-0.15, -0.1) is 0 Å². The summed E-state index contributed by atoms with van der Waals surface area (Å²) in [6.45, 7) is 2.61. The van der Waals surface area contributed by atoms with E-state index in [1.807, 2.05) is 0 Å². The molecule has 1 spiro atoms. The third-order valence-corrected chi connectivity index (χ3v) is 9.16. The molecule has 6 fully saturated rings. The Labute approximate surface area is 169 Å². The summed E-state index contributed by atoms with van der Waals surface area (Å²) in [5, 5.41) is 0. The first kappa shape index (κ1) is 19.7. The average Bonchev–Trinajstić information content (AvgIpc) is 3.16. The van der Waals surface area contributed by atoms with Crippen LogP contribution in [0.2, 0.25) is 0 Å². The van der Waals surface area contributed by atoms with Crippen molar-refractivity contribution < 1.29 is 41.5 Å². The van der Waals surface area contributed by atoms with E-state index in [4.69, 9.17) is 18.9 Å². The maximum Gasteiger partial charge on any atom is 0.338 e. The Kier molecular flexibility index (Phi) is 4.03. The van der Waals surface area contributed by atoms with Crippen LogP contribution in [0, 0.1) is 23.2 Å². The Morgan fingerprint density at radius 3 is 2.45 bits per heavy atom.